The SMILES string of the molecule is CCCCOc1ccc(/C=C2/SC(=S)N([C@@H](C)C(=O)O)C2=O)cc1OCC. The number of carbonyl (C=O) groups is 2. The second-order valence-corrected chi connectivity index (χ2v) is 7.58. The topological polar surface area (TPSA) is 76.1 Å². The molecule has 1 heterocycles. The number of aliphatic carboxylic acids is 1. The van der Waals surface area contributed by atoms with Crippen LogP contribution < -0.4 is 9.47 Å². The number of carboxylic acids is 1. The van der Waals surface area contributed by atoms with E-state index < -0.39 is 17.9 Å². The van der Waals surface area contributed by atoms with Crippen LogP contribution in [0.25, 0.3) is 6.08 Å². The maximum Gasteiger partial charge on any atom is 0.326 e. The first kappa shape index (κ1) is 21.2. The van der Waals surface area contributed by atoms with Crippen LogP contribution in [0.15, 0.2) is 23.1 Å². The quantitative estimate of drug-likeness (QED) is 0.376. The molecule has 0 aromatic heterocycles. The van der Waals surface area contributed by atoms with Crippen molar-refractivity contribution in [2.45, 2.75) is 39.7 Å². The number of amides is 1. The van der Waals surface area contributed by atoms with Crippen molar-refractivity contribution in [1.82, 2.24) is 4.90 Å². The first-order valence-corrected chi connectivity index (χ1v) is 10.0. The van der Waals surface area contributed by atoms with Gasteiger partial charge in [-0.05, 0) is 44.0 Å². The molecular weight excluding hydrogens is 386 g/mol. The highest BCUT2D eigenvalue weighted by atomic mass is 32.2. The third-order valence-corrected chi connectivity index (χ3v) is 5.22. The van der Waals surface area contributed by atoms with Crippen molar-refractivity contribution in [2.24, 2.45) is 0 Å². The van der Waals surface area contributed by atoms with Gasteiger partial charge in [-0.15, -0.1) is 0 Å². The van der Waals surface area contributed by atoms with Gasteiger partial charge in [0.15, 0.2) is 11.5 Å². The van der Waals surface area contributed by atoms with E-state index in [1.54, 1.807) is 12.1 Å². The number of ether oxygens (including phenoxy) is 2. The van der Waals surface area contributed by atoms with Crippen molar-refractivity contribution in [2.75, 3.05) is 13.2 Å². The normalized spacial score (nSPS) is 16.7. The van der Waals surface area contributed by atoms with E-state index in [0.717, 1.165) is 35.1 Å². The van der Waals surface area contributed by atoms with E-state index in [2.05, 4.69) is 6.92 Å². The van der Waals surface area contributed by atoms with Crippen molar-refractivity contribution in [3.8, 4) is 11.5 Å². The van der Waals surface area contributed by atoms with Crippen LogP contribution in [-0.4, -0.2) is 45.5 Å². The highest BCUT2D eigenvalue weighted by Gasteiger charge is 2.38. The summed E-state index contributed by atoms with van der Waals surface area (Å²) in [6.45, 7) is 6.53. The zero-order valence-corrected chi connectivity index (χ0v) is 17.2. The largest absolute Gasteiger partial charge is 0.490 e. The molecule has 0 aliphatic carbocycles. The van der Waals surface area contributed by atoms with Crippen molar-refractivity contribution < 1.29 is 24.2 Å². The Kier molecular flexibility index (Phi) is 7.67. The summed E-state index contributed by atoms with van der Waals surface area (Å²) in [7, 11) is 0. The Bertz CT molecular complexity index is 762. The third-order valence-electron chi connectivity index (χ3n) is 3.89. The van der Waals surface area contributed by atoms with Gasteiger partial charge in [-0.3, -0.25) is 9.69 Å². The second kappa shape index (κ2) is 9.75. The summed E-state index contributed by atoms with van der Waals surface area (Å²) in [6, 6.07) is 4.44. The number of thiocarbonyl (C=S) groups is 1. The fourth-order valence-corrected chi connectivity index (χ4v) is 3.82. The molecule has 6 nitrogen and oxygen atoms in total. The molecule has 1 aromatic rings. The lowest BCUT2D eigenvalue weighted by Gasteiger charge is -2.18. The molecule has 8 heteroatoms. The van der Waals surface area contributed by atoms with Gasteiger partial charge in [0.05, 0.1) is 18.1 Å². The summed E-state index contributed by atoms with van der Waals surface area (Å²) >= 11 is 6.27. The van der Waals surface area contributed by atoms with Gasteiger partial charge in [0.1, 0.15) is 10.4 Å². The predicted octanol–water partition coefficient (Wildman–Crippen LogP) is 3.94. The van der Waals surface area contributed by atoms with Gasteiger partial charge in [0.25, 0.3) is 5.91 Å². The van der Waals surface area contributed by atoms with E-state index in [1.165, 1.54) is 6.92 Å². The zero-order chi connectivity index (χ0) is 20.0. The Morgan fingerprint density at radius 1 is 1.33 bits per heavy atom. The molecule has 2 rings (SSSR count). The van der Waals surface area contributed by atoms with Crippen molar-refractivity contribution in [3.63, 3.8) is 0 Å². The molecule has 1 N–H and O–H groups in total. The van der Waals surface area contributed by atoms with E-state index in [0.29, 0.717) is 29.6 Å². The number of thioether (sulfide) groups is 1. The van der Waals surface area contributed by atoms with Crippen LogP contribution in [0.1, 0.15) is 39.2 Å². The van der Waals surface area contributed by atoms with E-state index >= 15 is 0 Å². The number of nitrogens with zero attached hydrogens (tertiary/aromatic N) is 1. The second-order valence-electron chi connectivity index (χ2n) is 5.91. The van der Waals surface area contributed by atoms with Crippen LogP contribution >= 0.6 is 24.0 Å². The average Bonchev–Trinajstić information content (AvgIpc) is 2.90. The molecule has 1 aromatic carbocycles. The fraction of sp³-hybridized carbons (Fsp3) is 0.421. The molecule has 0 saturated carbocycles. The number of carboxylic acid groups (broad SMARTS) is 1. The van der Waals surface area contributed by atoms with E-state index in [1.807, 2.05) is 19.1 Å². The van der Waals surface area contributed by atoms with Gasteiger partial charge in [0, 0.05) is 0 Å². The lowest BCUT2D eigenvalue weighted by molar-refractivity contribution is -0.144. The number of hydrogen-bond acceptors (Lipinski definition) is 6. The van der Waals surface area contributed by atoms with Gasteiger partial charge in [-0.2, -0.15) is 0 Å². The molecule has 146 valence electrons. The minimum atomic E-state index is -1.10. The number of benzene rings is 1. The van der Waals surface area contributed by atoms with E-state index in [9.17, 15) is 9.59 Å². The summed E-state index contributed by atoms with van der Waals surface area (Å²) in [5, 5.41) is 9.16. The zero-order valence-electron chi connectivity index (χ0n) is 15.6. The number of unbranched alkanes of at least 4 members (excludes halogenated alkanes) is 1. The first-order valence-electron chi connectivity index (χ1n) is 8.78. The van der Waals surface area contributed by atoms with E-state index in [4.69, 9.17) is 26.8 Å². The Labute approximate surface area is 168 Å². The van der Waals surface area contributed by atoms with Crippen molar-refractivity contribution in [3.05, 3.63) is 28.7 Å². The number of rotatable bonds is 9. The first-order chi connectivity index (χ1) is 12.9. The molecule has 1 fully saturated rings. The Morgan fingerprint density at radius 2 is 2.07 bits per heavy atom. The third kappa shape index (κ3) is 5.23. The Hall–Kier alpha value is -2.06. The average molecular weight is 410 g/mol. The molecular formula is C19H23NO5S2. The smallest absolute Gasteiger partial charge is 0.326 e. The van der Waals surface area contributed by atoms with Gasteiger partial charge in [-0.25, -0.2) is 4.79 Å². The van der Waals surface area contributed by atoms with Crippen LogP contribution in [0.4, 0.5) is 0 Å². The summed E-state index contributed by atoms with van der Waals surface area (Å²) in [5.74, 6) is -0.230. The van der Waals surface area contributed by atoms with Gasteiger partial charge >= 0.3 is 5.97 Å². The van der Waals surface area contributed by atoms with Gasteiger partial charge < -0.3 is 14.6 Å². The van der Waals surface area contributed by atoms with Crippen LogP contribution in [-0.2, 0) is 9.59 Å². The highest BCUT2D eigenvalue weighted by molar-refractivity contribution is 8.26. The van der Waals surface area contributed by atoms with Gasteiger partial charge in [0.2, 0.25) is 0 Å². The minimum Gasteiger partial charge on any atom is -0.490 e. The molecule has 1 amide bonds. The molecule has 0 bridgehead atoms. The summed E-state index contributed by atoms with van der Waals surface area (Å²) < 4.78 is 11.6. The number of hydrogen-bond donors (Lipinski definition) is 1. The monoisotopic (exact) mass is 409 g/mol. The molecule has 0 spiro atoms. The van der Waals surface area contributed by atoms with Crippen LogP contribution in [0.5, 0.6) is 11.5 Å². The lowest BCUT2D eigenvalue weighted by Crippen LogP contribution is -2.41. The molecule has 0 radical (unpaired) electrons. The van der Waals surface area contributed by atoms with Gasteiger partial charge in [-0.1, -0.05) is 43.4 Å². The van der Waals surface area contributed by atoms with Crippen molar-refractivity contribution >= 4 is 46.3 Å². The van der Waals surface area contributed by atoms with Crippen LogP contribution in [0.3, 0.4) is 0 Å². The molecule has 1 aliphatic heterocycles. The Morgan fingerprint density at radius 3 is 2.70 bits per heavy atom. The number of carbonyl (C=O) groups excluding carboxylic acids is 1. The maximum absolute atomic E-state index is 12.5. The molecule has 1 saturated heterocycles. The summed E-state index contributed by atoms with van der Waals surface area (Å²) in [5.41, 5.74) is 0.754. The van der Waals surface area contributed by atoms with Crippen LogP contribution in [0.2, 0.25) is 0 Å². The molecule has 0 unspecified atom stereocenters. The molecule has 1 aliphatic rings. The highest BCUT2D eigenvalue weighted by Crippen LogP contribution is 2.35. The summed E-state index contributed by atoms with van der Waals surface area (Å²) in [4.78, 5) is 25.2. The maximum atomic E-state index is 12.5. The standard InChI is InChI=1S/C19H23NO5S2/c1-4-6-9-25-14-8-7-13(10-15(14)24-5-2)11-16-17(21)20(19(26)27-16)12(3)18(22)23/h7-8,10-12H,4-6,9H2,1-3H3,(H,22,23)/b16-11+/t12-/m0/s1. The summed E-state index contributed by atoms with van der Waals surface area (Å²) in [6.07, 6.45) is 3.68. The minimum absolute atomic E-state index is 0.241. The van der Waals surface area contributed by atoms with Crippen molar-refractivity contribution in [1.29, 1.82) is 0 Å². The Balaban J connectivity index is 2.25. The predicted molar refractivity (Wildman–Crippen MR) is 110 cm³/mol. The van der Waals surface area contributed by atoms with Crippen LogP contribution in [0, 0.1) is 0 Å². The van der Waals surface area contributed by atoms with E-state index in [-0.39, 0.29) is 4.32 Å². The fourth-order valence-electron chi connectivity index (χ4n) is 2.40. The lowest BCUT2D eigenvalue weighted by atomic mass is 10.1. The molecule has 1 atom stereocenters. The molecule has 27 heavy (non-hydrogen) atoms.